The van der Waals surface area contributed by atoms with Crippen molar-refractivity contribution in [2.75, 3.05) is 5.73 Å². The van der Waals surface area contributed by atoms with Crippen LogP contribution >= 0.6 is 11.3 Å². The maximum Gasteiger partial charge on any atom is 0.478 e. The SMILES string of the molecule is Nc1nc(CC(=O)N[C@H]2CC[C@@H](CC(=O)O)OB2O)cs1. The highest BCUT2D eigenvalue weighted by molar-refractivity contribution is 7.13. The summed E-state index contributed by atoms with van der Waals surface area (Å²) in [4.78, 5) is 26.4. The molecule has 2 heterocycles. The fourth-order valence-corrected chi connectivity index (χ4v) is 2.75. The van der Waals surface area contributed by atoms with Crippen molar-refractivity contribution in [1.29, 1.82) is 0 Å². The number of hydrogen-bond acceptors (Lipinski definition) is 7. The zero-order valence-corrected chi connectivity index (χ0v) is 12.0. The number of aliphatic carboxylic acids is 1. The van der Waals surface area contributed by atoms with Crippen molar-refractivity contribution in [2.24, 2.45) is 0 Å². The molecule has 1 fully saturated rings. The molecule has 0 aromatic carbocycles. The number of nitrogens with zero attached hydrogens (tertiary/aromatic N) is 1. The van der Waals surface area contributed by atoms with Crippen molar-refractivity contribution >= 4 is 35.5 Å². The summed E-state index contributed by atoms with van der Waals surface area (Å²) in [5, 5.41) is 23.3. The van der Waals surface area contributed by atoms with Crippen molar-refractivity contribution in [1.82, 2.24) is 10.3 Å². The van der Waals surface area contributed by atoms with E-state index in [2.05, 4.69) is 10.3 Å². The van der Waals surface area contributed by atoms with Gasteiger partial charge in [0.05, 0.1) is 30.6 Å². The third-order valence-corrected chi connectivity index (χ3v) is 3.86. The Labute approximate surface area is 125 Å². The van der Waals surface area contributed by atoms with Crippen LogP contribution in [-0.2, 0) is 20.7 Å². The smallest absolute Gasteiger partial charge is 0.478 e. The lowest BCUT2D eigenvalue weighted by Crippen LogP contribution is -2.53. The second-order valence-electron chi connectivity index (χ2n) is 4.85. The van der Waals surface area contributed by atoms with Crippen molar-refractivity contribution in [3.63, 3.8) is 0 Å². The van der Waals surface area contributed by atoms with E-state index in [1.54, 1.807) is 5.38 Å². The van der Waals surface area contributed by atoms with Crippen LogP contribution in [0.5, 0.6) is 0 Å². The fraction of sp³-hybridized carbons (Fsp3) is 0.545. The van der Waals surface area contributed by atoms with E-state index in [1.807, 2.05) is 0 Å². The number of nitrogens with two attached hydrogens (primary N) is 1. The van der Waals surface area contributed by atoms with E-state index in [9.17, 15) is 14.6 Å². The van der Waals surface area contributed by atoms with Gasteiger partial charge in [0.1, 0.15) is 0 Å². The lowest BCUT2D eigenvalue weighted by atomic mass is 9.72. The van der Waals surface area contributed by atoms with Gasteiger partial charge in [-0.25, -0.2) is 4.98 Å². The van der Waals surface area contributed by atoms with Crippen LogP contribution in [0.2, 0.25) is 0 Å². The monoisotopic (exact) mass is 313 g/mol. The molecule has 5 N–H and O–H groups in total. The number of nitrogens with one attached hydrogen (secondary N) is 1. The minimum atomic E-state index is -1.20. The third-order valence-electron chi connectivity index (χ3n) is 3.14. The number of anilines is 1. The van der Waals surface area contributed by atoms with Crippen LogP contribution in [0.15, 0.2) is 5.38 Å². The first kappa shape index (κ1) is 15.7. The Balaban J connectivity index is 1.80. The molecule has 1 aromatic heterocycles. The summed E-state index contributed by atoms with van der Waals surface area (Å²) in [6, 6.07) is 0. The Hall–Kier alpha value is -1.65. The van der Waals surface area contributed by atoms with Gasteiger partial charge in [-0.3, -0.25) is 9.59 Å². The van der Waals surface area contributed by atoms with Crippen molar-refractivity contribution < 1.29 is 24.4 Å². The highest BCUT2D eigenvalue weighted by atomic mass is 32.1. The van der Waals surface area contributed by atoms with Crippen LogP contribution < -0.4 is 11.1 Å². The van der Waals surface area contributed by atoms with E-state index in [0.29, 0.717) is 23.7 Å². The van der Waals surface area contributed by atoms with Crippen molar-refractivity contribution in [3.05, 3.63) is 11.1 Å². The number of carbonyl (C=O) groups excluding carboxylic acids is 1. The van der Waals surface area contributed by atoms with Gasteiger partial charge in [-0.2, -0.15) is 0 Å². The average Bonchev–Trinajstić information content (AvgIpc) is 2.77. The largest absolute Gasteiger partial charge is 0.481 e. The number of carboxylic acids is 1. The van der Waals surface area contributed by atoms with Gasteiger partial charge < -0.3 is 25.8 Å². The third kappa shape index (κ3) is 4.69. The summed E-state index contributed by atoms with van der Waals surface area (Å²) in [7, 11) is -1.20. The highest BCUT2D eigenvalue weighted by Crippen LogP contribution is 2.19. The summed E-state index contributed by atoms with van der Waals surface area (Å²) in [5.41, 5.74) is 6.06. The van der Waals surface area contributed by atoms with E-state index in [4.69, 9.17) is 15.5 Å². The number of rotatable bonds is 5. The summed E-state index contributed by atoms with van der Waals surface area (Å²) in [5.74, 6) is -1.81. The predicted molar refractivity (Wildman–Crippen MR) is 76.5 cm³/mol. The Morgan fingerprint density at radius 1 is 1.57 bits per heavy atom. The molecule has 10 heteroatoms. The van der Waals surface area contributed by atoms with Crippen LogP contribution in [0.25, 0.3) is 0 Å². The molecule has 114 valence electrons. The zero-order chi connectivity index (χ0) is 15.4. The molecular formula is C11H16BN3O5S. The molecule has 0 spiro atoms. The Kier molecular flexibility index (Phi) is 5.15. The molecule has 21 heavy (non-hydrogen) atoms. The van der Waals surface area contributed by atoms with Gasteiger partial charge in [-0.1, -0.05) is 0 Å². The first-order valence-electron chi connectivity index (χ1n) is 6.48. The number of aromatic nitrogens is 1. The first-order chi connectivity index (χ1) is 9.94. The molecular weight excluding hydrogens is 297 g/mol. The van der Waals surface area contributed by atoms with Crippen LogP contribution in [0.1, 0.15) is 25.0 Å². The fourth-order valence-electron chi connectivity index (χ4n) is 2.18. The Morgan fingerprint density at radius 3 is 2.90 bits per heavy atom. The van der Waals surface area contributed by atoms with E-state index in [1.165, 1.54) is 11.3 Å². The second-order valence-corrected chi connectivity index (χ2v) is 5.74. The van der Waals surface area contributed by atoms with Crippen LogP contribution in [-0.4, -0.2) is 46.2 Å². The summed E-state index contributed by atoms with van der Waals surface area (Å²) < 4.78 is 5.19. The second kappa shape index (κ2) is 6.88. The van der Waals surface area contributed by atoms with Gasteiger partial charge in [-0.15, -0.1) is 11.3 Å². The molecule has 0 radical (unpaired) electrons. The Bertz CT molecular complexity index is 526. The maximum atomic E-state index is 11.8. The number of amides is 1. The normalized spacial score (nSPS) is 22.0. The molecule has 0 aliphatic carbocycles. The van der Waals surface area contributed by atoms with E-state index >= 15 is 0 Å². The number of carbonyl (C=O) groups is 2. The lowest BCUT2D eigenvalue weighted by molar-refractivity contribution is -0.139. The minimum absolute atomic E-state index is 0.0788. The molecule has 2 atom stereocenters. The summed E-state index contributed by atoms with van der Waals surface area (Å²) in [6.07, 6.45) is 0.330. The van der Waals surface area contributed by atoms with Gasteiger partial charge in [-0.05, 0) is 12.8 Å². The number of thiazole rings is 1. The number of carboxylic acid groups (broad SMARTS) is 1. The molecule has 0 bridgehead atoms. The number of hydrogen-bond donors (Lipinski definition) is 4. The van der Waals surface area contributed by atoms with E-state index < -0.39 is 25.1 Å². The van der Waals surface area contributed by atoms with Crippen molar-refractivity contribution in [2.45, 2.75) is 37.7 Å². The number of nitrogen functional groups attached to an aromatic ring is 1. The molecule has 1 aliphatic heterocycles. The molecule has 0 unspecified atom stereocenters. The van der Waals surface area contributed by atoms with E-state index in [0.717, 1.165) is 0 Å². The topological polar surface area (TPSA) is 135 Å². The van der Waals surface area contributed by atoms with Crippen LogP contribution in [0.4, 0.5) is 5.13 Å². The van der Waals surface area contributed by atoms with E-state index in [-0.39, 0.29) is 18.7 Å². The van der Waals surface area contributed by atoms with Gasteiger partial charge in [0.25, 0.3) is 0 Å². The molecule has 1 amide bonds. The predicted octanol–water partition coefficient (Wildman–Crippen LogP) is -0.574. The molecule has 0 saturated carbocycles. The first-order valence-corrected chi connectivity index (χ1v) is 7.36. The quantitative estimate of drug-likeness (QED) is 0.534. The Morgan fingerprint density at radius 2 is 2.33 bits per heavy atom. The molecule has 1 aromatic rings. The summed E-state index contributed by atoms with van der Waals surface area (Å²) in [6.45, 7) is 0. The standard InChI is InChI=1S/C11H16BN3O5S/c13-11-14-6(5-21-11)3-9(16)15-8-2-1-7(4-10(17)18)20-12(8)19/h5,7-8,19H,1-4H2,(H2,13,14)(H,15,16)(H,17,18)/t7-,8-/m0/s1. The maximum absolute atomic E-state index is 11.8. The molecule has 1 aliphatic rings. The minimum Gasteiger partial charge on any atom is -0.481 e. The van der Waals surface area contributed by atoms with Crippen molar-refractivity contribution in [3.8, 4) is 0 Å². The average molecular weight is 313 g/mol. The summed E-state index contributed by atoms with van der Waals surface area (Å²) >= 11 is 1.26. The van der Waals surface area contributed by atoms with Crippen LogP contribution in [0.3, 0.4) is 0 Å². The zero-order valence-electron chi connectivity index (χ0n) is 11.2. The van der Waals surface area contributed by atoms with Crippen LogP contribution in [0, 0.1) is 0 Å². The highest BCUT2D eigenvalue weighted by Gasteiger charge is 2.36. The van der Waals surface area contributed by atoms with Gasteiger partial charge in [0.15, 0.2) is 5.13 Å². The lowest BCUT2D eigenvalue weighted by Gasteiger charge is -2.30. The van der Waals surface area contributed by atoms with Gasteiger partial charge >= 0.3 is 13.1 Å². The van der Waals surface area contributed by atoms with Gasteiger partial charge in [0.2, 0.25) is 5.91 Å². The van der Waals surface area contributed by atoms with Gasteiger partial charge in [0, 0.05) is 5.38 Å². The molecule has 8 nitrogen and oxygen atoms in total. The molecule has 2 rings (SSSR count). The molecule has 1 saturated heterocycles.